The summed E-state index contributed by atoms with van der Waals surface area (Å²) in [6, 6.07) is 0.321. The van der Waals surface area contributed by atoms with Crippen LogP contribution in [0.3, 0.4) is 0 Å². The van der Waals surface area contributed by atoms with Gasteiger partial charge in [0.15, 0.2) is 6.23 Å². The van der Waals surface area contributed by atoms with E-state index in [2.05, 4.69) is 28.4 Å². The van der Waals surface area contributed by atoms with Crippen LogP contribution < -0.4 is 5.32 Å². The van der Waals surface area contributed by atoms with Gasteiger partial charge in [0.25, 0.3) is 0 Å². The minimum Gasteiger partial charge on any atom is -0.344 e. The second-order valence-electron chi connectivity index (χ2n) is 5.26. The first-order valence-corrected chi connectivity index (χ1v) is 6.84. The lowest BCUT2D eigenvalue weighted by atomic mass is 9.95. The summed E-state index contributed by atoms with van der Waals surface area (Å²) >= 11 is 0. The van der Waals surface area contributed by atoms with Gasteiger partial charge in [-0.25, -0.2) is 0 Å². The third-order valence-corrected chi connectivity index (χ3v) is 4.02. The first kappa shape index (κ1) is 11.8. The molecule has 3 unspecified atom stereocenters. The molecule has 0 saturated carbocycles. The lowest BCUT2D eigenvalue weighted by Gasteiger charge is -2.21. The van der Waals surface area contributed by atoms with E-state index in [1.807, 2.05) is 6.92 Å². The van der Waals surface area contributed by atoms with Crippen molar-refractivity contribution in [2.75, 3.05) is 6.73 Å². The molecule has 1 N–H and O–H groups in total. The Balaban J connectivity index is 1.67. The van der Waals surface area contributed by atoms with Crippen molar-refractivity contribution in [1.82, 2.24) is 10.2 Å². The SMILES string of the molecule is CCCC(=O)NC1OCN2C3=CC=CCC3CC12. The number of amides is 1. The van der Waals surface area contributed by atoms with Crippen molar-refractivity contribution in [3.8, 4) is 0 Å². The third kappa shape index (κ3) is 1.94. The van der Waals surface area contributed by atoms with Gasteiger partial charge in [0, 0.05) is 18.0 Å². The highest BCUT2D eigenvalue weighted by Gasteiger charge is 2.45. The van der Waals surface area contributed by atoms with E-state index in [-0.39, 0.29) is 12.1 Å². The van der Waals surface area contributed by atoms with E-state index in [4.69, 9.17) is 4.74 Å². The zero-order chi connectivity index (χ0) is 12.5. The first-order chi connectivity index (χ1) is 8.79. The maximum atomic E-state index is 11.7. The van der Waals surface area contributed by atoms with Crippen LogP contribution in [-0.2, 0) is 9.53 Å². The molecule has 0 radical (unpaired) electrons. The molecule has 3 aliphatic rings. The van der Waals surface area contributed by atoms with Gasteiger partial charge in [0.1, 0.15) is 6.73 Å². The number of carbonyl (C=O) groups excluding carboxylic acids is 1. The summed E-state index contributed by atoms with van der Waals surface area (Å²) in [7, 11) is 0. The van der Waals surface area contributed by atoms with Crippen molar-refractivity contribution in [3.63, 3.8) is 0 Å². The number of rotatable bonds is 3. The highest BCUT2D eigenvalue weighted by molar-refractivity contribution is 5.76. The second kappa shape index (κ2) is 4.76. The van der Waals surface area contributed by atoms with Gasteiger partial charge in [-0.3, -0.25) is 4.79 Å². The Labute approximate surface area is 108 Å². The molecule has 3 rings (SSSR count). The minimum atomic E-state index is -0.129. The number of hydrogen-bond donors (Lipinski definition) is 1. The Morgan fingerprint density at radius 2 is 2.50 bits per heavy atom. The van der Waals surface area contributed by atoms with Crippen LogP contribution in [0.15, 0.2) is 23.9 Å². The number of allylic oxidation sites excluding steroid dienone is 4. The number of nitrogens with one attached hydrogen (secondary N) is 1. The summed E-state index contributed by atoms with van der Waals surface area (Å²) in [4.78, 5) is 14.0. The van der Waals surface area contributed by atoms with Gasteiger partial charge in [-0.15, -0.1) is 0 Å². The van der Waals surface area contributed by atoms with E-state index >= 15 is 0 Å². The monoisotopic (exact) mass is 248 g/mol. The molecule has 2 aliphatic heterocycles. The van der Waals surface area contributed by atoms with Gasteiger partial charge in [-0.1, -0.05) is 19.1 Å². The summed E-state index contributed by atoms with van der Waals surface area (Å²) in [5.41, 5.74) is 1.38. The smallest absolute Gasteiger partial charge is 0.222 e. The topological polar surface area (TPSA) is 41.6 Å². The number of ether oxygens (including phenoxy) is 1. The van der Waals surface area contributed by atoms with Crippen LogP contribution in [-0.4, -0.2) is 29.8 Å². The summed E-state index contributed by atoms with van der Waals surface area (Å²) in [5.74, 6) is 0.723. The van der Waals surface area contributed by atoms with E-state index < -0.39 is 0 Å². The fraction of sp³-hybridized carbons (Fsp3) is 0.643. The predicted molar refractivity (Wildman–Crippen MR) is 68.4 cm³/mol. The summed E-state index contributed by atoms with van der Waals surface area (Å²) < 4.78 is 5.72. The number of carbonyl (C=O) groups is 1. The average Bonchev–Trinajstić information content (AvgIpc) is 2.90. The van der Waals surface area contributed by atoms with Gasteiger partial charge in [-0.05, 0) is 25.3 Å². The number of hydrogen-bond acceptors (Lipinski definition) is 3. The maximum Gasteiger partial charge on any atom is 0.222 e. The molecule has 4 nitrogen and oxygen atoms in total. The molecule has 2 fully saturated rings. The zero-order valence-electron chi connectivity index (χ0n) is 10.8. The van der Waals surface area contributed by atoms with Crippen LogP contribution in [0.2, 0.25) is 0 Å². The van der Waals surface area contributed by atoms with Crippen LogP contribution >= 0.6 is 0 Å². The molecule has 4 heteroatoms. The fourth-order valence-electron chi connectivity index (χ4n) is 3.15. The predicted octanol–water partition coefficient (Wildman–Crippen LogP) is 1.75. The van der Waals surface area contributed by atoms with Crippen LogP contribution in [0, 0.1) is 5.92 Å². The van der Waals surface area contributed by atoms with Gasteiger partial charge < -0.3 is 15.0 Å². The Kier molecular flexibility index (Phi) is 3.12. The van der Waals surface area contributed by atoms with Gasteiger partial charge >= 0.3 is 0 Å². The quantitative estimate of drug-likeness (QED) is 0.827. The Morgan fingerprint density at radius 3 is 3.33 bits per heavy atom. The Morgan fingerprint density at radius 1 is 1.61 bits per heavy atom. The van der Waals surface area contributed by atoms with E-state index in [1.165, 1.54) is 5.70 Å². The molecule has 3 atom stereocenters. The molecule has 18 heavy (non-hydrogen) atoms. The van der Waals surface area contributed by atoms with Crippen LogP contribution in [0.1, 0.15) is 32.6 Å². The van der Waals surface area contributed by atoms with E-state index in [0.29, 0.717) is 25.1 Å². The zero-order valence-corrected chi connectivity index (χ0v) is 10.8. The highest BCUT2D eigenvalue weighted by atomic mass is 16.5. The molecular weight excluding hydrogens is 228 g/mol. The second-order valence-corrected chi connectivity index (χ2v) is 5.26. The van der Waals surface area contributed by atoms with Crippen molar-refractivity contribution in [2.24, 2.45) is 5.92 Å². The molecule has 0 aromatic carbocycles. The number of nitrogens with zero attached hydrogens (tertiary/aromatic N) is 1. The molecular formula is C14H20N2O2. The van der Waals surface area contributed by atoms with Gasteiger partial charge in [0.2, 0.25) is 5.91 Å². The molecule has 0 bridgehead atoms. The highest BCUT2D eigenvalue weighted by Crippen LogP contribution is 2.41. The lowest BCUT2D eigenvalue weighted by Crippen LogP contribution is -2.42. The Bertz CT molecular complexity index is 403. The summed E-state index contributed by atoms with van der Waals surface area (Å²) in [5, 5.41) is 3.01. The molecule has 2 heterocycles. The number of fused-ring (bicyclic) bond motifs is 3. The third-order valence-electron chi connectivity index (χ3n) is 4.02. The van der Waals surface area contributed by atoms with Crippen LogP contribution in [0.25, 0.3) is 0 Å². The molecule has 1 amide bonds. The molecule has 0 aromatic heterocycles. The molecule has 0 spiro atoms. The minimum absolute atomic E-state index is 0.103. The average molecular weight is 248 g/mol. The van der Waals surface area contributed by atoms with E-state index in [1.54, 1.807) is 0 Å². The standard InChI is InChI=1S/C14H20N2O2/c1-2-5-13(17)15-14-12-8-10-6-3-4-7-11(10)16(12)9-18-14/h3-4,7,10,12,14H,2,5-6,8-9H2,1H3,(H,15,17). The van der Waals surface area contributed by atoms with Crippen molar-refractivity contribution < 1.29 is 9.53 Å². The molecule has 98 valence electrons. The van der Waals surface area contributed by atoms with Crippen molar-refractivity contribution in [2.45, 2.75) is 44.9 Å². The van der Waals surface area contributed by atoms with Crippen LogP contribution in [0.4, 0.5) is 0 Å². The largest absolute Gasteiger partial charge is 0.344 e. The summed E-state index contributed by atoms with van der Waals surface area (Å²) in [6.07, 6.45) is 10.1. The lowest BCUT2D eigenvalue weighted by molar-refractivity contribution is -0.124. The van der Waals surface area contributed by atoms with E-state index in [9.17, 15) is 4.79 Å². The molecule has 1 aliphatic carbocycles. The van der Waals surface area contributed by atoms with Crippen molar-refractivity contribution >= 4 is 5.91 Å². The van der Waals surface area contributed by atoms with Crippen molar-refractivity contribution in [3.05, 3.63) is 23.9 Å². The first-order valence-electron chi connectivity index (χ1n) is 6.84. The van der Waals surface area contributed by atoms with Crippen molar-refractivity contribution in [1.29, 1.82) is 0 Å². The van der Waals surface area contributed by atoms with Crippen LogP contribution in [0.5, 0.6) is 0 Å². The summed E-state index contributed by atoms with van der Waals surface area (Å²) in [6.45, 7) is 2.62. The Hall–Kier alpha value is -1.29. The van der Waals surface area contributed by atoms with Gasteiger partial charge in [0.05, 0.1) is 6.04 Å². The molecule has 2 saturated heterocycles. The van der Waals surface area contributed by atoms with Gasteiger partial charge in [-0.2, -0.15) is 0 Å². The fourth-order valence-corrected chi connectivity index (χ4v) is 3.15. The van der Waals surface area contributed by atoms with E-state index in [0.717, 1.165) is 19.3 Å². The maximum absolute atomic E-state index is 11.7. The normalized spacial score (nSPS) is 33.1. The molecule has 0 aromatic rings.